The molecule has 0 aliphatic rings. The molecule has 0 aliphatic carbocycles. The number of hydrogen-bond donors (Lipinski definition) is 2. The highest BCUT2D eigenvalue weighted by Gasteiger charge is 2.16. The Hall–Kier alpha value is -3.42. The normalized spacial score (nSPS) is 11.9. The Bertz CT molecular complexity index is 990. The molecule has 26 heavy (non-hydrogen) atoms. The summed E-state index contributed by atoms with van der Waals surface area (Å²) < 4.78 is 3.06. The van der Waals surface area contributed by atoms with Gasteiger partial charge >= 0.3 is 5.69 Å². The van der Waals surface area contributed by atoms with Crippen LogP contribution >= 0.6 is 0 Å². The van der Waals surface area contributed by atoms with Gasteiger partial charge in [-0.3, -0.25) is 19.1 Å². The summed E-state index contributed by atoms with van der Waals surface area (Å²) in [5, 5.41) is 2.94. The minimum atomic E-state index is -0.610. The Labute approximate surface area is 149 Å². The Balaban J connectivity index is 1.78. The van der Waals surface area contributed by atoms with Crippen LogP contribution < -0.4 is 16.6 Å². The molecule has 0 bridgehead atoms. The maximum absolute atomic E-state index is 12.5. The fourth-order valence-electron chi connectivity index (χ4n) is 2.66. The lowest BCUT2D eigenvalue weighted by molar-refractivity contribution is -0.122. The molecular formula is C18H19N5O3. The molecule has 0 fully saturated rings. The van der Waals surface area contributed by atoms with Crippen LogP contribution in [-0.4, -0.2) is 25.0 Å². The molecule has 3 rings (SSSR count). The zero-order valence-corrected chi connectivity index (χ0v) is 14.3. The maximum atomic E-state index is 12.5. The van der Waals surface area contributed by atoms with Gasteiger partial charge in [0.1, 0.15) is 6.54 Å². The number of aromatic nitrogens is 4. The summed E-state index contributed by atoms with van der Waals surface area (Å²) in [5.74, 6) is -0.326. The molecule has 134 valence electrons. The number of benzene rings is 1. The number of hydrogen-bond acceptors (Lipinski definition) is 4. The van der Waals surface area contributed by atoms with Gasteiger partial charge in [-0.2, -0.15) is 0 Å². The highest BCUT2D eigenvalue weighted by Crippen LogP contribution is 2.15. The number of H-pyrrole nitrogens is 1. The minimum absolute atomic E-state index is 0.177. The Morgan fingerprint density at radius 1 is 1.27 bits per heavy atom. The van der Waals surface area contributed by atoms with E-state index in [1.165, 1.54) is 10.8 Å². The maximum Gasteiger partial charge on any atom is 0.328 e. The van der Waals surface area contributed by atoms with Gasteiger partial charge in [0, 0.05) is 30.7 Å². The van der Waals surface area contributed by atoms with Crippen molar-refractivity contribution < 1.29 is 4.79 Å². The first-order chi connectivity index (χ1) is 12.5. The van der Waals surface area contributed by atoms with Crippen molar-refractivity contribution in [2.45, 2.75) is 26.1 Å². The average molecular weight is 353 g/mol. The van der Waals surface area contributed by atoms with E-state index in [1.807, 2.05) is 41.1 Å². The van der Waals surface area contributed by atoms with E-state index in [1.54, 1.807) is 19.4 Å². The molecule has 8 nitrogen and oxygen atoms in total. The zero-order chi connectivity index (χ0) is 18.5. The second-order valence-corrected chi connectivity index (χ2v) is 5.99. The van der Waals surface area contributed by atoms with Crippen LogP contribution in [0.4, 0.5) is 0 Å². The third-order valence-corrected chi connectivity index (χ3v) is 3.99. The number of nitrogens with one attached hydrogen (secondary N) is 2. The van der Waals surface area contributed by atoms with Gasteiger partial charge in [0.25, 0.3) is 5.56 Å². The lowest BCUT2D eigenvalue weighted by Crippen LogP contribution is -2.38. The first-order valence-electron chi connectivity index (χ1n) is 8.13. The summed E-state index contributed by atoms with van der Waals surface area (Å²) in [6.07, 6.45) is 6.55. The summed E-state index contributed by atoms with van der Waals surface area (Å²) in [5.41, 5.74) is 0.255. The molecule has 8 heteroatoms. The summed E-state index contributed by atoms with van der Waals surface area (Å²) in [6.45, 7) is 1.91. The third kappa shape index (κ3) is 4.15. The molecule has 1 atom stereocenters. The number of amides is 1. The second kappa shape index (κ2) is 7.64. The molecule has 0 unspecified atom stereocenters. The van der Waals surface area contributed by atoms with E-state index in [2.05, 4.69) is 15.3 Å². The predicted octanol–water partition coefficient (Wildman–Crippen LogP) is 0.599. The number of carbonyl (C=O) groups is 1. The SMILES string of the molecule is Cc1cn(CC(=O)N[C@@H](Cn2ccnc2)c2ccccc2)c(=O)[nH]c1=O. The minimum Gasteiger partial charge on any atom is -0.346 e. The molecule has 0 aliphatic heterocycles. The molecule has 0 saturated carbocycles. The predicted molar refractivity (Wildman–Crippen MR) is 95.6 cm³/mol. The molecule has 1 amide bonds. The average Bonchev–Trinajstić information content (AvgIpc) is 3.13. The van der Waals surface area contributed by atoms with Crippen LogP contribution in [-0.2, 0) is 17.9 Å². The Kier molecular flexibility index (Phi) is 5.12. The number of nitrogens with zero attached hydrogens (tertiary/aromatic N) is 3. The molecule has 1 aromatic carbocycles. The van der Waals surface area contributed by atoms with Gasteiger partial charge in [-0.05, 0) is 12.5 Å². The van der Waals surface area contributed by atoms with Crippen LogP contribution in [0.25, 0.3) is 0 Å². The van der Waals surface area contributed by atoms with E-state index < -0.39 is 11.2 Å². The Morgan fingerprint density at radius 2 is 2.04 bits per heavy atom. The van der Waals surface area contributed by atoms with Crippen molar-refractivity contribution in [1.82, 2.24) is 24.4 Å². The molecule has 2 N–H and O–H groups in total. The molecule has 3 aromatic rings. The van der Waals surface area contributed by atoms with E-state index in [4.69, 9.17) is 0 Å². The first-order valence-corrected chi connectivity index (χ1v) is 8.13. The lowest BCUT2D eigenvalue weighted by atomic mass is 10.1. The van der Waals surface area contributed by atoms with Gasteiger partial charge in [0.05, 0.1) is 12.4 Å². The van der Waals surface area contributed by atoms with E-state index in [9.17, 15) is 14.4 Å². The summed E-state index contributed by atoms with van der Waals surface area (Å²) in [4.78, 5) is 42.0. The van der Waals surface area contributed by atoms with Gasteiger partial charge in [-0.15, -0.1) is 0 Å². The van der Waals surface area contributed by atoms with Crippen molar-refractivity contribution in [2.75, 3.05) is 0 Å². The number of aromatic amines is 1. The largest absolute Gasteiger partial charge is 0.346 e. The molecule has 0 radical (unpaired) electrons. The lowest BCUT2D eigenvalue weighted by Gasteiger charge is -2.20. The summed E-state index contributed by atoms with van der Waals surface area (Å²) in [6, 6.07) is 9.28. The van der Waals surface area contributed by atoms with Crippen LogP contribution in [0.1, 0.15) is 17.2 Å². The third-order valence-electron chi connectivity index (χ3n) is 3.99. The van der Waals surface area contributed by atoms with E-state index in [-0.39, 0.29) is 18.5 Å². The van der Waals surface area contributed by atoms with Gasteiger partial charge in [-0.1, -0.05) is 30.3 Å². The highest BCUT2D eigenvalue weighted by atomic mass is 16.2. The van der Waals surface area contributed by atoms with Crippen LogP contribution in [0.2, 0.25) is 0 Å². The Morgan fingerprint density at radius 3 is 2.73 bits per heavy atom. The molecule has 2 aromatic heterocycles. The molecule has 0 saturated heterocycles. The fourth-order valence-corrected chi connectivity index (χ4v) is 2.66. The topological polar surface area (TPSA) is 102 Å². The second-order valence-electron chi connectivity index (χ2n) is 5.99. The van der Waals surface area contributed by atoms with Gasteiger partial charge in [0.15, 0.2) is 0 Å². The monoisotopic (exact) mass is 353 g/mol. The van der Waals surface area contributed by atoms with Crippen LogP contribution in [0.3, 0.4) is 0 Å². The van der Waals surface area contributed by atoms with Crippen LogP contribution in [0.15, 0.2) is 64.8 Å². The van der Waals surface area contributed by atoms with Crippen LogP contribution in [0.5, 0.6) is 0 Å². The summed E-state index contributed by atoms with van der Waals surface area (Å²) in [7, 11) is 0. The van der Waals surface area contributed by atoms with Gasteiger partial charge in [0.2, 0.25) is 5.91 Å². The smallest absolute Gasteiger partial charge is 0.328 e. The zero-order valence-electron chi connectivity index (χ0n) is 14.3. The van der Waals surface area contributed by atoms with Gasteiger partial charge in [-0.25, -0.2) is 9.78 Å². The van der Waals surface area contributed by atoms with Crippen molar-refractivity contribution in [3.63, 3.8) is 0 Å². The van der Waals surface area contributed by atoms with Crippen molar-refractivity contribution in [3.8, 4) is 0 Å². The molecule has 2 heterocycles. The number of rotatable bonds is 6. The van der Waals surface area contributed by atoms with E-state index >= 15 is 0 Å². The highest BCUT2D eigenvalue weighted by molar-refractivity contribution is 5.76. The van der Waals surface area contributed by atoms with Crippen LogP contribution in [0, 0.1) is 6.92 Å². The van der Waals surface area contributed by atoms with Crippen molar-refractivity contribution >= 4 is 5.91 Å². The molecule has 0 spiro atoms. The number of carbonyl (C=O) groups excluding carboxylic acids is 1. The van der Waals surface area contributed by atoms with Gasteiger partial charge < -0.3 is 9.88 Å². The fraction of sp³-hybridized carbons (Fsp3) is 0.222. The van der Waals surface area contributed by atoms with E-state index in [0.717, 1.165) is 5.56 Å². The standard InChI is InChI=1S/C18H19N5O3/c1-13-9-23(18(26)21-17(13)25)11-16(24)20-15(10-22-8-7-19-12-22)14-5-3-2-4-6-14/h2-9,12,15H,10-11H2,1H3,(H,20,24)(H,21,25,26)/t15-/m0/s1. The summed E-state index contributed by atoms with van der Waals surface area (Å²) >= 11 is 0. The van der Waals surface area contributed by atoms with Crippen molar-refractivity contribution in [2.24, 2.45) is 0 Å². The number of imidazole rings is 1. The van der Waals surface area contributed by atoms with Crippen molar-refractivity contribution in [3.05, 3.63) is 87.2 Å². The quantitative estimate of drug-likeness (QED) is 0.677. The molecular weight excluding hydrogens is 334 g/mol. The number of aryl methyl sites for hydroxylation is 1. The van der Waals surface area contributed by atoms with E-state index in [0.29, 0.717) is 12.1 Å². The first kappa shape index (κ1) is 17.4. The van der Waals surface area contributed by atoms with Crippen molar-refractivity contribution in [1.29, 1.82) is 0 Å².